The average molecular weight is 313 g/mol. The van der Waals surface area contributed by atoms with Crippen LogP contribution in [0.1, 0.15) is 25.7 Å². The van der Waals surface area contributed by atoms with Crippen LogP contribution in [0.5, 0.6) is 0 Å². The van der Waals surface area contributed by atoms with Gasteiger partial charge in [-0.2, -0.15) is 5.26 Å². The van der Waals surface area contributed by atoms with Crippen LogP contribution in [0.2, 0.25) is 0 Å². The van der Waals surface area contributed by atoms with E-state index >= 15 is 0 Å². The second-order valence-corrected chi connectivity index (χ2v) is 7.21. The summed E-state index contributed by atoms with van der Waals surface area (Å²) >= 11 is 0. The van der Waals surface area contributed by atoms with Crippen molar-refractivity contribution < 1.29 is 14.4 Å². The van der Waals surface area contributed by atoms with E-state index in [0.29, 0.717) is 12.8 Å². The largest absolute Gasteiger partial charge is 0.325 e. The Bertz CT molecular complexity index is 643. The first-order valence-electron chi connectivity index (χ1n) is 8.20. The van der Waals surface area contributed by atoms with Crippen molar-refractivity contribution in [3.63, 3.8) is 0 Å². The van der Waals surface area contributed by atoms with Crippen LogP contribution >= 0.6 is 0 Å². The molecule has 1 saturated heterocycles. The third-order valence-electron chi connectivity index (χ3n) is 6.26. The number of fused-ring (bicyclic) bond motifs is 5. The molecule has 0 spiro atoms. The van der Waals surface area contributed by atoms with Crippen molar-refractivity contribution >= 4 is 17.7 Å². The first-order chi connectivity index (χ1) is 11.0. The summed E-state index contributed by atoms with van der Waals surface area (Å²) in [6.45, 7) is -0.232. The molecule has 2 saturated carbocycles. The maximum Gasteiger partial charge on any atom is 0.243 e. The highest BCUT2D eigenvalue weighted by molar-refractivity contribution is 6.08. The lowest BCUT2D eigenvalue weighted by Crippen LogP contribution is -2.56. The van der Waals surface area contributed by atoms with Gasteiger partial charge in [0.1, 0.15) is 12.1 Å². The number of carbonyl (C=O) groups is 3. The van der Waals surface area contributed by atoms with Crippen molar-refractivity contribution in [3.05, 3.63) is 12.2 Å². The molecule has 1 heterocycles. The van der Waals surface area contributed by atoms with E-state index in [9.17, 15) is 19.6 Å². The summed E-state index contributed by atoms with van der Waals surface area (Å²) in [5, 5.41) is 9.33. The zero-order valence-corrected chi connectivity index (χ0v) is 13.1. The van der Waals surface area contributed by atoms with E-state index in [1.165, 1.54) is 4.90 Å². The Balaban J connectivity index is 1.50. The number of likely N-dealkylation sites (tertiary alicyclic amines) is 1. The summed E-state index contributed by atoms with van der Waals surface area (Å²) in [5.41, 5.74) is -0.751. The molecule has 3 aliphatic carbocycles. The monoisotopic (exact) mass is 313 g/mol. The molecule has 6 nitrogen and oxygen atoms in total. The van der Waals surface area contributed by atoms with E-state index in [-0.39, 0.29) is 47.9 Å². The number of amides is 3. The van der Waals surface area contributed by atoms with Crippen molar-refractivity contribution in [3.8, 4) is 6.07 Å². The standard InChI is InChI=1S/C17H19N3O3/c1-19(17(9-18)5-2-6-17)12(21)8-20-15(22)13-10-3-4-11(7-10)14(13)16(20)23/h3-4,10-11,13-14H,2,5-8H2,1H3. The number of allylic oxidation sites excluding steroid dienone is 2. The molecule has 1 aliphatic heterocycles. The SMILES string of the molecule is CN(C(=O)CN1C(=O)C2C3C=CC(C3)C2C1=O)C1(C#N)CCC1. The smallest absolute Gasteiger partial charge is 0.243 e. The topological polar surface area (TPSA) is 81.5 Å². The van der Waals surface area contributed by atoms with Gasteiger partial charge in [-0.25, -0.2) is 0 Å². The van der Waals surface area contributed by atoms with Gasteiger partial charge in [-0.1, -0.05) is 12.2 Å². The van der Waals surface area contributed by atoms with Crippen LogP contribution in [0, 0.1) is 35.0 Å². The van der Waals surface area contributed by atoms with E-state index in [1.54, 1.807) is 7.05 Å². The Morgan fingerprint density at radius 2 is 1.87 bits per heavy atom. The predicted octanol–water partition coefficient (Wildman–Crippen LogP) is 0.698. The maximum absolute atomic E-state index is 12.6. The van der Waals surface area contributed by atoms with Gasteiger partial charge in [0.15, 0.2) is 0 Å². The van der Waals surface area contributed by atoms with Crippen LogP contribution in [0.3, 0.4) is 0 Å². The Morgan fingerprint density at radius 1 is 1.30 bits per heavy atom. The number of hydrogen-bond acceptors (Lipinski definition) is 4. The third-order valence-corrected chi connectivity index (χ3v) is 6.26. The van der Waals surface area contributed by atoms with E-state index in [0.717, 1.165) is 17.7 Å². The van der Waals surface area contributed by atoms with Crippen molar-refractivity contribution in [1.29, 1.82) is 5.26 Å². The molecule has 0 radical (unpaired) electrons. The van der Waals surface area contributed by atoms with Gasteiger partial charge in [-0.3, -0.25) is 19.3 Å². The summed E-state index contributed by atoms with van der Waals surface area (Å²) in [6, 6.07) is 2.21. The maximum atomic E-state index is 12.6. The molecule has 4 aliphatic rings. The van der Waals surface area contributed by atoms with E-state index in [1.807, 2.05) is 12.2 Å². The van der Waals surface area contributed by atoms with Gasteiger partial charge in [0.05, 0.1) is 17.9 Å². The fourth-order valence-electron chi connectivity index (χ4n) is 4.63. The number of hydrogen-bond donors (Lipinski definition) is 0. The van der Waals surface area contributed by atoms with Crippen LogP contribution < -0.4 is 0 Å². The van der Waals surface area contributed by atoms with Crippen LogP contribution in [0.4, 0.5) is 0 Å². The van der Waals surface area contributed by atoms with Gasteiger partial charge in [0.2, 0.25) is 17.7 Å². The van der Waals surface area contributed by atoms with Gasteiger partial charge >= 0.3 is 0 Å². The van der Waals surface area contributed by atoms with Gasteiger partial charge in [-0.05, 0) is 37.5 Å². The lowest BCUT2D eigenvalue weighted by molar-refractivity contribution is -0.149. The minimum Gasteiger partial charge on any atom is -0.325 e. The van der Waals surface area contributed by atoms with Gasteiger partial charge in [0.25, 0.3) is 0 Å². The van der Waals surface area contributed by atoms with Crippen molar-refractivity contribution in [2.24, 2.45) is 23.7 Å². The number of imide groups is 1. The molecule has 4 unspecified atom stereocenters. The molecule has 120 valence electrons. The third kappa shape index (κ3) is 1.76. The molecular weight excluding hydrogens is 294 g/mol. The molecule has 0 N–H and O–H groups in total. The fourth-order valence-corrected chi connectivity index (χ4v) is 4.63. The highest BCUT2D eigenvalue weighted by atomic mass is 16.2. The highest BCUT2D eigenvalue weighted by Gasteiger charge is 2.59. The molecule has 0 aromatic heterocycles. The molecule has 2 bridgehead atoms. The second-order valence-electron chi connectivity index (χ2n) is 7.21. The lowest BCUT2D eigenvalue weighted by atomic mass is 9.76. The Hall–Kier alpha value is -2.16. The Kier molecular flexibility index (Phi) is 2.93. The molecule has 6 heteroatoms. The number of nitriles is 1. The van der Waals surface area contributed by atoms with Gasteiger partial charge in [0, 0.05) is 7.05 Å². The van der Waals surface area contributed by atoms with E-state index in [4.69, 9.17) is 0 Å². The second kappa shape index (κ2) is 4.67. The molecule has 4 rings (SSSR count). The summed E-state index contributed by atoms with van der Waals surface area (Å²) in [7, 11) is 1.60. The van der Waals surface area contributed by atoms with Crippen LogP contribution in [0.25, 0.3) is 0 Å². The average Bonchev–Trinajstić information content (AvgIpc) is 3.16. The normalized spacial score (nSPS) is 35.9. The summed E-state index contributed by atoms with van der Waals surface area (Å²) in [4.78, 5) is 40.2. The number of rotatable bonds is 3. The molecule has 3 fully saturated rings. The van der Waals surface area contributed by atoms with Crippen molar-refractivity contribution in [2.45, 2.75) is 31.2 Å². The first kappa shape index (κ1) is 14.4. The highest BCUT2D eigenvalue weighted by Crippen LogP contribution is 2.52. The molecular formula is C17H19N3O3. The van der Waals surface area contributed by atoms with Crippen molar-refractivity contribution in [1.82, 2.24) is 9.80 Å². The van der Waals surface area contributed by atoms with Gasteiger partial charge < -0.3 is 4.90 Å². The Labute approximate surface area is 134 Å². The molecule has 23 heavy (non-hydrogen) atoms. The lowest BCUT2D eigenvalue weighted by Gasteiger charge is -2.43. The van der Waals surface area contributed by atoms with Crippen LogP contribution in [0.15, 0.2) is 12.2 Å². The van der Waals surface area contributed by atoms with Crippen LogP contribution in [-0.4, -0.2) is 46.7 Å². The quantitative estimate of drug-likeness (QED) is 0.567. The summed E-state index contributed by atoms with van der Waals surface area (Å²) < 4.78 is 0. The fraction of sp³-hybridized carbons (Fsp3) is 0.647. The number of likely N-dealkylation sites (N-methyl/N-ethyl adjacent to an activating group) is 1. The van der Waals surface area contributed by atoms with E-state index in [2.05, 4.69) is 6.07 Å². The van der Waals surface area contributed by atoms with E-state index < -0.39 is 5.54 Å². The Morgan fingerprint density at radius 3 is 2.30 bits per heavy atom. The molecule has 0 aromatic rings. The minimum atomic E-state index is -0.751. The van der Waals surface area contributed by atoms with Crippen molar-refractivity contribution in [2.75, 3.05) is 13.6 Å². The minimum absolute atomic E-state index is 0.149. The van der Waals surface area contributed by atoms with Gasteiger partial charge in [-0.15, -0.1) is 0 Å². The van der Waals surface area contributed by atoms with Crippen LogP contribution in [-0.2, 0) is 14.4 Å². The zero-order chi connectivity index (χ0) is 16.4. The number of nitrogens with zero attached hydrogens (tertiary/aromatic N) is 3. The molecule has 4 atom stereocenters. The predicted molar refractivity (Wildman–Crippen MR) is 79.4 cm³/mol. The first-order valence-corrected chi connectivity index (χ1v) is 8.20. The summed E-state index contributed by atoms with van der Waals surface area (Å²) in [5.74, 6) is -0.995. The molecule has 0 aromatic carbocycles. The summed E-state index contributed by atoms with van der Waals surface area (Å²) in [6.07, 6.45) is 7.19. The molecule has 3 amide bonds. The zero-order valence-electron chi connectivity index (χ0n) is 13.1. The number of carbonyl (C=O) groups excluding carboxylic acids is 3.